The number of alkyl halides is 3. The van der Waals surface area contributed by atoms with Gasteiger partial charge in [0, 0.05) is 30.4 Å². The van der Waals surface area contributed by atoms with Crippen LogP contribution in [-0.2, 0) is 20.9 Å². The maximum Gasteiger partial charge on any atom is 0.490 e. The maximum absolute atomic E-state index is 12.1. The molecule has 8 nitrogen and oxygen atoms in total. The monoisotopic (exact) mass is 398 g/mol. The van der Waals surface area contributed by atoms with E-state index in [-0.39, 0.29) is 5.91 Å². The van der Waals surface area contributed by atoms with E-state index in [1.165, 1.54) is 0 Å². The number of fused-ring (bicyclic) bond motifs is 1. The van der Waals surface area contributed by atoms with Crippen LogP contribution in [0.4, 0.5) is 18.9 Å². The number of primary amides is 1. The molecule has 0 radical (unpaired) electrons. The molecule has 1 saturated heterocycles. The first kappa shape index (κ1) is 20.9. The number of nitrogen functional groups attached to an aromatic ring is 1. The Morgan fingerprint density at radius 1 is 1.29 bits per heavy atom. The van der Waals surface area contributed by atoms with Gasteiger partial charge in [-0.1, -0.05) is 12.1 Å². The molecular formula is C17H17F3N4O4. The van der Waals surface area contributed by atoms with Gasteiger partial charge in [0.2, 0.25) is 11.8 Å². The summed E-state index contributed by atoms with van der Waals surface area (Å²) in [5.74, 6) is -4.18. The molecule has 1 fully saturated rings. The van der Waals surface area contributed by atoms with Crippen LogP contribution in [0.1, 0.15) is 12.0 Å². The molecular weight excluding hydrogens is 381 g/mol. The van der Waals surface area contributed by atoms with E-state index < -0.39 is 24.0 Å². The highest BCUT2D eigenvalue weighted by Crippen LogP contribution is 2.23. The Kier molecular flexibility index (Phi) is 6.06. The molecule has 1 aromatic carbocycles. The molecule has 0 saturated carbocycles. The summed E-state index contributed by atoms with van der Waals surface area (Å²) in [7, 11) is 0. The van der Waals surface area contributed by atoms with Crippen molar-refractivity contribution < 1.29 is 32.7 Å². The second kappa shape index (κ2) is 8.11. The summed E-state index contributed by atoms with van der Waals surface area (Å²) in [6, 6.07) is 7.49. The summed E-state index contributed by atoms with van der Waals surface area (Å²) in [6.45, 7) is 1.00. The number of amides is 2. The van der Waals surface area contributed by atoms with Crippen molar-refractivity contribution in [1.29, 1.82) is 0 Å². The number of carbonyl (C=O) groups is 3. The Balaban J connectivity index is 0.000000345. The highest BCUT2D eigenvalue weighted by atomic mass is 19.4. The predicted molar refractivity (Wildman–Crippen MR) is 92.6 cm³/mol. The average molecular weight is 398 g/mol. The number of aromatic nitrogens is 1. The molecule has 11 heteroatoms. The SMILES string of the molecule is NC(=O)[C@H]1CCN(Cc2ccc3c(N)ccnc3c2)C1=O.O=C(O)C(F)(F)F. The van der Waals surface area contributed by atoms with Gasteiger partial charge in [0.1, 0.15) is 5.92 Å². The molecule has 1 aliphatic heterocycles. The van der Waals surface area contributed by atoms with Gasteiger partial charge in [-0.15, -0.1) is 0 Å². The summed E-state index contributed by atoms with van der Waals surface area (Å²) in [4.78, 5) is 38.1. The summed E-state index contributed by atoms with van der Waals surface area (Å²) < 4.78 is 31.7. The number of carbonyl (C=O) groups excluding carboxylic acids is 2. The van der Waals surface area contributed by atoms with Crippen LogP contribution in [-0.4, -0.2) is 45.5 Å². The third-order valence-corrected chi connectivity index (χ3v) is 4.10. The van der Waals surface area contributed by atoms with Gasteiger partial charge < -0.3 is 21.5 Å². The fourth-order valence-corrected chi connectivity index (χ4v) is 2.69. The summed E-state index contributed by atoms with van der Waals surface area (Å²) in [5, 5.41) is 8.02. The lowest BCUT2D eigenvalue weighted by atomic mass is 10.1. The first-order valence-electron chi connectivity index (χ1n) is 8.02. The van der Waals surface area contributed by atoms with Crippen LogP contribution >= 0.6 is 0 Å². The van der Waals surface area contributed by atoms with Crippen molar-refractivity contribution in [2.24, 2.45) is 11.7 Å². The van der Waals surface area contributed by atoms with Crippen molar-refractivity contribution in [2.45, 2.75) is 19.1 Å². The van der Waals surface area contributed by atoms with Crippen molar-refractivity contribution >= 4 is 34.4 Å². The Bertz CT molecular complexity index is 917. The average Bonchev–Trinajstić information content (AvgIpc) is 2.95. The third-order valence-electron chi connectivity index (χ3n) is 4.10. The van der Waals surface area contributed by atoms with Crippen LogP contribution in [0.5, 0.6) is 0 Å². The van der Waals surface area contributed by atoms with Gasteiger partial charge in [-0.25, -0.2) is 4.79 Å². The van der Waals surface area contributed by atoms with E-state index in [1.54, 1.807) is 17.2 Å². The Labute approximate surface area is 156 Å². The maximum atomic E-state index is 12.1. The first-order valence-corrected chi connectivity index (χ1v) is 8.02. The molecule has 0 spiro atoms. The Morgan fingerprint density at radius 3 is 2.46 bits per heavy atom. The molecule has 1 atom stereocenters. The minimum Gasteiger partial charge on any atom is -0.475 e. The highest BCUT2D eigenvalue weighted by molar-refractivity contribution is 6.01. The molecule has 2 aromatic rings. The number of rotatable bonds is 3. The van der Waals surface area contributed by atoms with Crippen LogP contribution in [0.2, 0.25) is 0 Å². The molecule has 150 valence electrons. The fraction of sp³-hybridized carbons (Fsp3) is 0.294. The fourth-order valence-electron chi connectivity index (χ4n) is 2.69. The van der Waals surface area contributed by atoms with Crippen molar-refractivity contribution in [2.75, 3.05) is 12.3 Å². The number of aliphatic carboxylic acids is 1. The quantitative estimate of drug-likeness (QED) is 0.666. The number of hydrogen-bond donors (Lipinski definition) is 3. The van der Waals surface area contributed by atoms with Crippen molar-refractivity contribution in [3.8, 4) is 0 Å². The van der Waals surface area contributed by atoms with Gasteiger partial charge in [0.05, 0.1) is 5.52 Å². The second-order valence-electron chi connectivity index (χ2n) is 6.06. The molecule has 2 amide bonds. The Morgan fingerprint density at radius 2 is 1.93 bits per heavy atom. The highest BCUT2D eigenvalue weighted by Gasteiger charge is 2.38. The van der Waals surface area contributed by atoms with E-state index in [0.717, 1.165) is 16.5 Å². The lowest BCUT2D eigenvalue weighted by molar-refractivity contribution is -0.192. The zero-order valence-corrected chi connectivity index (χ0v) is 14.4. The molecule has 0 aliphatic carbocycles. The van der Waals surface area contributed by atoms with Crippen molar-refractivity contribution in [1.82, 2.24) is 9.88 Å². The number of nitrogens with zero attached hydrogens (tertiary/aromatic N) is 2. The van der Waals surface area contributed by atoms with Gasteiger partial charge in [0.25, 0.3) is 0 Å². The van der Waals surface area contributed by atoms with E-state index >= 15 is 0 Å². The second-order valence-corrected chi connectivity index (χ2v) is 6.06. The lowest BCUT2D eigenvalue weighted by Gasteiger charge is -2.16. The number of hydrogen-bond acceptors (Lipinski definition) is 5. The normalized spacial score (nSPS) is 16.6. The topological polar surface area (TPSA) is 140 Å². The molecule has 5 N–H and O–H groups in total. The molecule has 0 unspecified atom stereocenters. The largest absolute Gasteiger partial charge is 0.490 e. The van der Waals surface area contributed by atoms with Gasteiger partial charge in [-0.3, -0.25) is 14.6 Å². The number of halogens is 3. The predicted octanol–water partition coefficient (Wildman–Crippen LogP) is 1.28. The lowest BCUT2D eigenvalue weighted by Crippen LogP contribution is -2.33. The van der Waals surface area contributed by atoms with Crippen LogP contribution in [0.3, 0.4) is 0 Å². The first-order chi connectivity index (χ1) is 13.0. The van der Waals surface area contributed by atoms with Gasteiger partial charge >= 0.3 is 12.1 Å². The van der Waals surface area contributed by atoms with Gasteiger partial charge in [-0.2, -0.15) is 13.2 Å². The number of carboxylic acid groups (broad SMARTS) is 1. The molecule has 0 bridgehead atoms. The summed E-state index contributed by atoms with van der Waals surface area (Å²) >= 11 is 0. The molecule has 2 heterocycles. The molecule has 1 aliphatic rings. The van der Waals surface area contributed by atoms with Crippen LogP contribution in [0.15, 0.2) is 30.5 Å². The number of pyridine rings is 1. The smallest absolute Gasteiger partial charge is 0.475 e. The number of carboxylic acids is 1. The van der Waals surface area contributed by atoms with Crippen LogP contribution in [0, 0.1) is 5.92 Å². The number of nitrogens with two attached hydrogens (primary N) is 2. The minimum atomic E-state index is -5.08. The summed E-state index contributed by atoms with van der Waals surface area (Å²) in [5.41, 5.74) is 13.5. The van der Waals surface area contributed by atoms with Crippen molar-refractivity contribution in [3.05, 3.63) is 36.0 Å². The zero-order valence-electron chi connectivity index (χ0n) is 14.4. The molecule has 1 aromatic heterocycles. The van der Waals surface area contributed by atoms with Crippen LogP contribution in [0.25, 0.3) is 10.9 Å². The van der Waals surface area contributed by atoms with Gasteiger partial charge in [0.15, 0.2) is 0 Å². The van der Waals surface area contributed by atoms with E-state index in [9.17, 15) is 22.8 Å². The van der Waals surface area contributed by atoms with E-state index in [1.807, 2.05) is 18.2 Å². The molecule has 3 rings (SSSR count). The standard InChI is InChI=1S/C15H16N4O2.C2HF3O2/c16-12-3-5-18-13-7-9(1-2-10(12)13)8-19-6-4-11(14(17)20)15(19)21;3-2(4,5)1(6)7/h1-3,5,7,11H,4,6,8H2,(H2,16,18)(H2,17,20);(H,6,7)/t11-;/m1./s1. The van der Waals surface area contributed by atoms with E-state index in [4.69, 9.17) is 21.4 Å². The molecule has 28 heavy (non-hydrogen) atoms. The van der Waals surface area contributed by atoms with Crippen molar-refractivity contribution in [3.63, 3.8) is 0 Å². The number of benzene rings is 1. The van der Waals surface area contributed by atoms with Gasteiger partial charge in [-0.05, 0) is 24.1 Å². The number of likely N-dealkylation sites (tertiary alicyclic amines) is 1. The summed E-state index contributed by atoms with van der Waals surface area (Å²) in [6.07, 6.45) is -2.93. The number of anilines is 1. The minimum absolute atomic E-state index is 0.192. The third kappa shape index (κ3) is 4.87. The Hall–Kier alpha value is -3.37. The van der Waals surface area contributed by atoms with E-state index in [0.29, 0.717) is 25.2 Å². The van der Waals surface area contributed by atoms with E-state index in [2.05, 4.69) is 4.98 Å². The zero-order chi connectivity index (χ0) is 21.1. The van der Waals surface area contributed by atoms with Crippen LogP contribution < -0.4 is 11.5 Å².